The summed E-state index contributed by atoms with van der Waals surface area (Å²) in [6.07, 6.45) is 1.10. The molecule has 5 heteroatoms. The van der Waals surface area contributed by atoms with Crippen LogP contribution in [0.1, 0.15) is 16.4 Å². The molecule has 2 aromatic carbocycles. The van der Waals surface area contributed by atoms with Crippen molar-refractivity contribution in [3.63, 3.8) is 0 Å². The topological polar surface area (TPSA) is 72.6 Å². The second-order valence-corrected chi connectivity index (χ2v) is 4.20. The van der Waals surface area contributed by atoms with Crippen LogP contribution in [0, 0.1) is 0 Å². The number of oxazole rings is 1. The monoisotopic (exact) mass is 269 g/mol. The molecule has 0 saturated heterocycles. The number of hydrogen-bond acceptors (Lipinski definition) is 4. The summed E-state index contributed by atoms with van der Waals surface area (Å²) >= 11 is 0. The van der Waals surface area contributed by atoms with Gasteiger partial charge in [-0.2, -0.15) is 0 Å². The van der Waals surface area contributed by atoms with Gasteiger partial charge in [0.1, 0.15) is 12.0 Å². The zero-order valence-electron chi connectivity index (χ0n) is 10.4. The number of nitrogens with zero attached hydrogens (tertiary/aromatic N) is 1. The van der Waals surface area contributed by atoms with E-state index in [0.29, 0.717) is 5.75 Å². The van der Waals surface area contributed by atoms with Crippen LogP contribution in [-0.4, -0.2) is 16.1 Å². The molecule has 5 nitrogen and oxygen atoms in total. The second kappa shape index (κ2) is 5.05. The highest BCUT2D eigenvalue weighted by molar-refractivity contribution is 5.88. The highest BCUT2D eigenvalue weighted by atomic mass is 16.5. The fourth-order valence-corrected chi connectivity index (χ4v) is 1.94. The van der Waals surface area contributed by atoms with Crippen LogP contribution >= 0.6 is 0 Å². The molecule has 0 radical (unpaired) electrons. The lowest BCUT2D eigenvalue weighted by Gasteiger charge is -2.07. The molecule has 0 bridgehead atoms. The number of carboxylic acids is 1. The van der Waals surface area contributed by atoms with Crippen molar-refractivity contribution in [1.29, 1.82) is 0 Å². The minimum atomic E-state index is -1.12. The van der Waals surface area contributed by atoms with E-state index >= 15 is 0 Å². The van der Waals surface area contributed by atoms with Gasteiger partial charge in [0, 0.05) is 5.39 Å². The Morgan fingerprint density at radius 3 is 2.80 bits per heavy atom. The average molecular weight is 269 g/mol. The van der Waals surface area contributed by atoms with Crippen molar-refractivity contribution in [3.8, 4) is 5.75 Å². The summed E-state index contributed by atoms with van der Waals surface area (Å²) in [6, 6.07) is 13.6. The first kappa shape index (κ1) is 12.2. The van der Waals surface area contributed by atoms with Crippen LogP contribution in [0.25, 0.3) is 10.8 Å². The Bertz CT molecular complexity index is 758. The van der Waals surface area contributed by atoms with Crippen LogP contribution in [0.4, 0.5) is 0 Å². The van der Waals surface area contributed by atoms with Crippen LogP contribution in [-0.2, 0) is 6.61 Å². The summed E-state index contributed by atoms with van der Waals surface area (Å²) in [5.41, 5.74) is -0.124. The maximum atomic E-state index is 10.7. The summed E-state index contributed by atoms with van der Waals surface area (Å²) in [4.78, 5) is 14.5. The number of rotatable bonds is 4. The zero-order chi connectivity index (χ0) is 13.9. The van der Waals surface area contributed by atoms with Gasteiger partial charge in [0.05, 0.1) is 0 Å². The number of ether oxygens (including phenoxy) is 1. The van der Waals surface area contributed by atoms with Crippen molar-refractivity contribution in [2.75, 3.05) is 0 Å². The maximum absolute atomic E-state index is 10.7. The van der Waals surface area contributed by atoms with Gasteiger partial charge in [-0.1, -0.05) is 36.4 Å². The van der Waals surface area contributed by atoms with Gasteiger partial charge in [0.25, 0.3) is 0 Å². The van der Waals surface area contributed by atoms with E-state index in [1.807, 2.05) is 42.5 Å². The van der Waals surface area contributed by atoms with Crippen LogP contribution in [0.2, 0.25) is 0 Å². The van der Waals surface area contributed by atoms with Gasteiger partial charge in [0.15, 0.2) is 12.3 Å². The standard InChI is InChI=1S/C15H11NO4/c17-15(18)12-8-20-14(16-12)9-19-13-7-3-5-10-4-1-2-6-11(10)13/h1-8H,9H2,(H,17,18). The molecule has 0 aliphatic carbocycles. The summed E-state index contributed by atoms with van der Waals surface area (Å²) in [5, 5.41) is 10.8. The third kappa shape index (κ3) is 2.33. The van der Waals surface area contributed by atoms with Crippen LogP contribution in [0.15, 0.2) is 53.1 Å². The van der Waals surface area contributed by atoms with Gasteiger partial charge >= 0.3 is 5.97 Å². The van der Waals surface area contributed by atoms with Crippen molar-refractivity contribution >= 4 is 16.7 Å². The molecule has 100 valence electrons. The van der Waals surface area contributed by atoms with Crippen LogP contribution in [0.5, 0.6) is 5.75 Å². The first-order chi connectivity index (χ1) is 9.74. The Hall–Kier alpha value is -2.82. The minimum Gasteiger partial charge on any atom is -0.483 e. The molecular weight excluding hydrogens is 258 g/mol. The Kier molecular flexibility index (Phi) is 3.09. The second-order valence-electron chi connectivity index (χ2n) is 4.20. The number of carbonyl (C=O) groups is 1. The third-order valence-electron chi connectivity index (χ3n) is 2.87. The molecule has 0 aliphatic heterocycles. The predicted molar refractivity (Wildman–Crippen MR) is 71.7 cm³/mol. The normalized spacial score (nSPS) is 10.6. The fourth-order valence-electron chi connectivity index (χ4n) is 1.94. The number of fused-ring (bicyclic) bond motifs is 1. The average Bonchev–Trinajstić information content (AvgIpc) is 2.94. The number of benzene rings is 2. The Labute approximate surface area is 114 Å². The number of aromatic carboxylic acids is 1. The quantitative estimate of drug-likeness (QED) is 0.787. The molecule has 0 atom stereocenters. The van der Waals surface area contributed by atoms with Crippen molar-refractivity contribution in [2.45, 2.75) is 6.61 Å². The number of hydrogen-bond donors (Lipinski definition) is 1. The Morgan fingerprint density at radius 1 is 1.20 bits per heavy atom. The summed E-state index contributed by atoms with van der Waals surface area (Å²) in [5.74, 6) is -0.182. The number of carboxylic acid groups (broad SMARTS) is 1. The molecule has 0 spiro atoms. The van der Waals surface area contributed by atoms with Gasteiger partial charge < -0.3 is 14.3 Å². The van der Waals surface area contributed by atoms with Gasteiger partial charge in [0.2, 0.25) is 5.89 Å². The van der Waals surface area contributed by atoms with E-state index < -0.39 is 5.97 Å². The third-order valence-corrected chi connectivity index (χ3v) is 2.87. The smallest absolute Gasteiger partial charge is 0.357 e. The molecular formula is C15H11NO4. The molecule has 0 fully saturated rings. The summed E-state index contributed by atoms with van der Waals surface area (Å²) in [6.45, 7) is 0.0846. The highest BCUT2D eigenvalue weighted by Gasteiger charge is 2.11. The van der Waals surface area contributed by atoms with Gasteiger partial charge in [-0.15, -0.1) is 0 Å². The van der Waals surface area contributed by atoms with Gasteiger partial charge in [-0.3, -0.25) is 0 Å². The van der Waals surface area contributed by atoms with E-state index in [0.717, 1.165) is 17.0 Å². The lowest BCUT2D eigenvalue weighted by molar-refractivity contribution is 0.0690. The lowest BCUT2D eigenvalue weighted by Crippen LogP contribution is -1.99. The SMILES string of the molecule is O=C(O)c1coc(COc2cccc3ccccc23)n1. The zero-order valence-corrected chi connectivity index (χ0v) is 10.4. The van der Waals surface area contributed by atoms with E-state index in [2.05, 4.69) is 4.98 Å². The fraction of sp³-hybridized carbons (Fsp3) is 0.0667. The van der Waals surface area contributed by atoms with Gasteiger partial charge in [-0.25, -0.2) is 9.78 Å². The Morgan fingerprint density at radius 2 is 2.00 bits per heavy atom. The largest absolute Gasteiger partial charge is 0.483 e. The lowest BCUT2D eigenvalue weighted by atomic mass is 10.1. The number of aromatic nitrogens is 1. The molecule has 20 heavy (non-hydrogen) atoms. The van der Waals surface area contributed by atoms with Crippen molar-refractivity contribution < 1.29 is 19.1 Å². The van der Waals surface area contributed by atoms with Crippen molar-refractivity contribution in [2.24, 2.45) is 0 Å². The Balaban J connectivity index is 1.81. The first-order valence-corrected chi connectivity index (χ1v) is 6.02. The van der Waals surface area contributed by atoms with E-state index in [1.165, 1.54) is 0 Å². The molecule has 1 aromatic heterocycles. The molecule has 0 saturated carbocycles. The maximum Gasteiger partial charge on any atom is 0.357 e. The van der Waals surface area contributed by atoms with Crippen molar-refractivity contribution in [1.82, 2.24) is 4.98 Å². The predicted octanol–water partition coefficient (Wildman–Crippen LogP) is 3.11. The molecule has 1 heterocycles. The molecule has 0 amide bonds. The highest BCUT2D eigenvalue weighted by Crippen LogP contribution is 2.25. The van der Waals surface area contributed by atoms with Crippen molar-refractivity contribution in [3.05, 3.63) is 60.3 Å². The van der Waals surface area contributed by atoms with Crippen LogP contribution < -0.4 is 4.74 Å². The molecule has 1 N–H and O–H groups in total. The summed E-state index contributed by atoms with van der Waals surface area (Å²) < 4.78 is 10.7. The van der Waals surface area contributed by atoms with E-state index in [4.69, 9.17) is 14.3 Å². The first-order valence-electron chi connectivity index (χ1n) is 6.02. The van der Waals surface area contributed by atoms with Crippen LogP contribution in [0.3, 0.4) is 0 Å². The molecule has 3 aromatic rings. The van der Waals surface area contributed by atoms with Gasteiger partial charge in [-0.05, 0) is 11.5 Å². The van der Waals surface area contributed by atoms with E-state index in [-0.39, 0.29) is 18.2 Å². The molecule has 3 rings (SSSR count). The van der Waals surface area contributed by atoms with E-state index in [1.54, 1.807) is 0 Å². The minimum absolute atomic E-state index is 0.0846. The van der Waals surface area contributed by atoms with E-state index in [9.17, 15) is 4.79 Å². The summed E-state index contributed by atoms with van der Waals surface area (Å²) in [7, 11) is 0. The molecule has 0 unspecified atom stereocenters. The molecule has 0 aliphatic rings.